The van der Waals surface area contributed by atoms with Gasteiger partial charge >= 0.3 is 0 Å². The van der Waals surface area contributed by atoms with Crippen molar-refractivity contribution in [2.45, 2.75) is 18.9 Å². The molecule has 3 heteroatoms. The van der Waals surface area contributed by atoms with E-state index >= 15 is 0 Å². The molecular weight excluding hydrogens is 202 g/mol. The molecule has 0 N–H and O–H groups in total. The average Bonchev–Trinajstić information content (AvgIpc) is 3.13. The molecule has 82 valence electrons. The van der Waals surface area contributed by atoms with Crippen LogP contribution in [0.25, 0.3) is 10.9 Å². The fraction of sp³-hybridized carbons (Fsp3) is 0.308. The zero-order chi connectivity index (χ0) is 11.1. The Morgan fingerprint density at radius 1 is 1.31 bits per heavy atom. The summed E-state index contributed by atoms with van der Waals surface area (Å²) in [6.45, 7) is 0. The molecule has 0 atom stereocenters. The molecule has 16 heavy (non-hydrogen) atoms. The fourth-order valence-corrected chi connectivity index (χ4v) is 2.12. The molecule has 1 saturated carbocycles. The van der Waals surface area contributed by atoms with E-state index in [0.717, 1.165) is 16.7 Å². The van der Waals surface area contributed by atoms with E-state index < -0.39 is 0 Å². The number of methoxy groups -OCH3 is 1. The lowest BCUT2D eigenvalue weighted by Crippen LogP contribution is -2.07. The lowest BCUT2D eigenvalue weighted by molar-refractivity contribution is 0.417. The summed E-state index contributed by atoms with van der Waals surface area (Å²) in [4.78, 5) is 11.8. The Morgan fingerprint density at radius 3 is 2.81 bits per heavy atom. The summed E-state index contributed by atoms with van der Waals surface area (Å²) < 4.78 is 7.50. The van der Waals surface area contributed by atoms with Crippen LogP contribution in [0.4, 0.5) is 0 Å². The molecule has 0 bridgehead atoms. The molecule has 1 heterocycles. The molecule has 1 aliphatic carbocycles. The lowest BCUT2D eigenvalue weighted by Gasteiger charge is -2.12. The SMILES string of the molecule is COc1cccc2c(=O)ccn(C3CC3)c12. The smallest absolute Gasteiger partial charge is 0.189 e. The molecule has 2 aromatic rings. The molecule has 0 aliphatic heterocycles. The Bertz CT molecular complexity index is 596. The molecule has 1 aliphatic rings. The standard InChI is InChI=1S/C13H13NO2/c1-16-12-4-2-3-10-11(15)7-8-14(13(10)12)9-5-6-9/h2-4,7-9H,5-6H2,1H3. The Hall–Kier alpha value is -1.77. The minimum Gasteiger partial charge on any atom is -0.495 e. The zero-order valence-electron chi connectivity index (χ0n) is 9.14. The third-order valence-corrected chi connectivity index (χ3v) is 3.07. The van der Waals surface area contributed by atoms with Gasteiger partial charge in [0.25, 0.3) is 0 Å². The van der Waals surface area contributed by atoms with Crippen molar-refractivity contribution in [1.82, 2.24) is 4.57 Å². The number of hydrogen-bond acceptors (Lipinski definition) is 2. The average molecular weight is 215 g/mol. The summed E-state index contributed by atoms with van der Waals surface area (Å²) in [6, 6.07) is 7.80. The first-order chi connectivity index (χ1) is 7.81. The van der Waals surface area contributed by atoms with Gasteiger partial charge in [0.2, 0.25) is 0 Å². The van der Waals surface area contributed by atoms with Gasteiger partial charge in [0, 0.05) is 23.7 Å². The molecule has 0 amide bonds. The number of rotatable bonds is 2. The molecule has 1 fully saturated rings. The molecular formula is C13H13NO2. The quantitative estimate of drug-likeness (QED) is 0.770. The van der Waals surface area contributed by atoms with Crippen molar-refractivity contribution in [3.8, 4) is 5.75 Å². The van der Waals surface area contributed by atoms with Gasteiger partial charge in [-0.05, 0) is 25.0 Å². The van der Waals surface area contributed by atoms with E-state index in [0.29, 0.717) is 6.04 Å². The molecule has 0 radical (unpaired) electrons. The van der Waals surface area contributed by atoms with Crippen LogP contribution in [-0.4, -0.2) is 11.7 Å². The summed E-state index contributed by atoms with van der Waals surface area (Å²) >= 11 is 0. The van der Waals surface area contributed by atoms with Gasteiger partial charge in [0.15, 0.2) is 5.43 Å². The largest absolute Gasteiger partial charge is 0.495 e. The van der Waals surface area contributed by atoms with Crippen molar-refractivity contribution in [2.24, 2.45) is 0 Å². The van der Waals surface area contributed by atoms with Gasteiger partial charge in [-0.3, -0.25) is 4.79 Å². The summed E-state index contributed by atoms with van der Waals surface area (Å²) in [7, 11) is 1.64. The molecule has 3 rings (SSSR count). The van der Waals surface area contributed by atoms with Gasteiger partial charge in [-0.1, -0.05) is 6.07 Å². The summed E-state index contributed by atoms with van der Waals surface area (Å²) in [5.74, 6) is 0.780. The van der Waals surface area contributed by atoms with Gasteiger partial charge < -0.3 is 9.30 Å². The van der Waals surface area contributed by atoms with Gasteiger partial charge in [-0.15, -0.1) is 0 Å². The van der Waals surface area contributed by atoms with E-state index in [9.17, 15) is 4.79 Å². The first-order valence-electron chi connectivity index (χ1n) is 5.49. The van der Waals surface area contributed by atoms with Crippen LogP contribution in [0, 0.1) is 0 Å². The van der Waals surface area contributed by atoms with Crippen molar-refractivity contribution in [2.75, 3.05) is 7.11 Å². The van der Waals surface area contributed by atoms with Crippen LogP contribution in [0.2, 0.25) is 0 Å². The second-order valence-electron chi connectivity index (χ2n) is 4.17. The highest BCUT2D eigenvalue weighted by Crippen LogP contribution is 2.38. The predicted molar refractivity (Wildman–Crippen MR) is 63.0 cm³/mol. The summed E-state index contributed by atoms with van der Waals surface area (Å²) in [5.41, 5.74) is 0.991. The van der Waals surface area contributed by atoms with Gasteiger partial charge in [0.1, 0.15) is 5.75 Å². The van der Waals surface area contributed by atoms with Crippen molar-refractivity contribution in [1.29, 1.82) is 0 Å². The minimum atomic E-state index is 0.0609. The van der Waals surface area contributed by atoms with E-state index in [-0.39, 0.29) is 5.43 Å². The number of nitrogens with zero attached hydrogens (tertiary/aromatic N) is 1. The van der Waals surface area contributed by atoms with E-state index in [4.69, 9.17) is 4.74 Å². The maximum absolute atomic E-state index is 11.8. The number of pyridine rings is 1. The third-order valence-electron chi connectivity index (χ3n) is 3.07. The van der Waals surface area contributed by atoms with Gasteiger partial charge in [0.05, 0.1) is 12.6 Å². The molecule has 0 unspecified atom stereocenters. The normalized spacial score (nSPS) is 15.3. The van der Waals surface area contributed by atoms with Crippen LogP contribution in [0.3, 0.4) is 0 Å². The van der Waals surface area contributed by atoms with Crippen molar-refractivity contribution >= 4 is 10.9 Å². The van der Waals surface area contributed by atoms with E-state index in [1.54, 1.807) is 13.2 Å². The molecule has 0 spiro atoms. The Kier molecular flexibility index (Phi) is 1.99. The molecule has 1 aromatic carbocycles. The Labute approximate surface area is 93.3 Å². The molecule has 0 saturated heterocycles. The van der Waals surface area contributed by atoms with Crippen molar-refractivity contribution < 1.29 is 4.74 Å². The summed E-state index contributed by atoms with van der Waals surface area (Å²) in [6.07, 6.45) is 4.26. The fourth-order valence-electron chi connectivity index (χ4n) is 2.12. The number of ether oxygens (including phenoxy) is 1. The number of aromatic nitrogens is 1. The minimum absolute atomic E-state index is 0.0609. The monoisotopic (exact) mass is 215 g/mol. The van der Waals surface area contributed by atoms with E-state index in [2.05, 4.69) is 4.57 Å². The highest BCUT2D eigenvalue weighted by Gasteiger charge is 2.25. The predicted octanol–water partition coefficient (Wildman–Crippen LogP) is 2.34. The summed E-state index contributed by atoms with van der Waals surface area (Å²) in [5, 5.41) is 0.744. The zero-order valence-corrected chi connectivity index (χ0v) is 9.14. The molecule has 1 aromatic heterocycles. The highest BCUT2D eigenvalue weighted by molar-refractivity contribution is 5.85. The maximum atomic E-state index is 11.8. The van der Waals surface area contributed by atoms with Gasteiger partial charge in [-0.2, -0.15) is 0 Å². The maximum Gasteiger partial charge on any atom is 0.189 e. The first kappa shape index (κ1) is 9.46. The van der Waals surface area contributed by atoms with Crippen LogP contribution in [0.1, 0.15) is 18.9 Å². The Balaban J connectivity index is 2.42. The van der Waals surface area contributed by atoms with Gasteiger partial charge in [-0.25, -0.2) is 0 Å². The second kappa shape index (κ2) is 3.37. The second-order valence-corrected chi connectivity index (χ2v) is 4.17. The first-order valence-corrected chi connectivity index (χ1v) is 5.49. The van der Waals surface area contributed by atoms with Crippen molar-refractivity contribution in [3.63, 3.8) is 0 Å². The van der Waals surface area contributed by atoms with E-state index in [1.165, 1.54) is 12.8 Å². The topological polar surface area (TPSA) is 31.2 Å². The number of hydrogen-bond donors (Lipinski definition) is 0. The third kappa shape index (κ3) is 1.32. The van der Waals surface area contributed by atoms with Crippen LogP contribution >= 0.6 is 0 Å². The number of fused-ring (bicyclic) bond motifs is 1. The highest BCUT2D eigenvalue weighted by atomic mass is 16.5. The number of benzene rings is 1. The lowest BCUT2D eigenvalue weighted by atomic mass is 10.2. The van der Waals surface area contributed by atoms with E-state index in [1.807, 2.05) is 24.4 Å². The van der Waals surface area contributed by atoms with Crippen LogP contribution < -0.4 is 10.2 Å². The van der Waals surface area contributed by atoms with Crippen LogP contribution in [0.15, 0.2) is 35.3 Å². The van der Waals surface area contributed by atoms with Crippen LogP contribution in [0.5, 0.6) is 5.75 Å². The number of para-hydroxylation sites is 1. The van der Waals surface area contributed by atoms with Crippen molar-refractivity contribution in [3.05, 3.63) is 40.7 Å². The Morgan fingerprint density at radius 2 is 2.12 bits per heavy atom. The van der Waals surface area contributed by atoms with Crippen LogP contribution in [-0.2, 0) is 0 Å². The molecule has 3 nitrogen and oxygen atoms in total.